The summed E-state index contributed by atoms with van der Waals surface area (Å²) in [6.45, 7) is 0. The summed E-state index contributed by atoms with van der Waals surface area (Å²) in [5, 5.41) is -0.402. The maximum atomic E-state index is 12.0. The highest BCUT2D eigenvalue weighted by Gasteiger charge is 2.38. The van der Waals surface area contributed by atoms with Gasteiger partial charge in [-0.1, -0.05) is 29.8 Å². The minimum atomic E-state index is -3.71. The first kappa shape index (κ1) is 16.0. The fourth-order valence-electron chi connectivity index (χ4n) is 2.01. The van der Waals surface area contributed by atoms with Crippen LogP contribution >= 0.6 is 23.2 Å². The van der Waals surface area contributed by atoms with E-state index in [1.165, 1.54) is 0 Å². The Kier molecular flexibility index (Phi) is 4.66. The van der Waals surface area contributed by atoms with E-state index >= 15 is 0 Å². The predicted octanol–water partition coefficient (Wildman–Crippen LogP) is 1.16. The maximum Gasteiger partial charge on any atom is 0.216 e. The fraction of sp³-hybridized carbons (Fsp3) is 0.455. The molecule has 0 bridgehead atoms. The Morgan fingerprint density at radius 2 is 1.90 bits per heavy atom. The van der Waals surface area contributed by atoms with Crippen molar-refractivity contribution in [3.8, 4) is 0 Å². The van der Waals surface area contributed by atoms with Gasteiger partial charge in [0.05, 0.1) is 28.7 Å². The van der Waals surface area contributed by atoms with Gasteiger partial charge in [-0.15, -0.1) is 11.6 Å². The summed E-state index contributed by atoms with van der Waals surface area (Å²) in [6.07, 6.45) is 0. The van der Waals surface area contributed by atoms with Crippen molar-refractivity contribution in [1.82, 2.24) is 4.72 Å². The SMILES string of the molecule is O=S1(=O)C[C@H](Cl)[C@H](NS(=O)(=O)Cc2ccccc2Cl)C1. The van der Waals surface area contributed by atoms with Crippen LogP contribution in [0.15, 0.2) is 24.3 Å². The van der Waals surface area contributed by atoms with Crippen molar-refractivity contribution in [3.05, 3.63) is 34.9 Å². The predicted molar refractivity (Wildman–Crippen MR) is 79.3 cm³/mol. The summed E-state index contributed by atoms with van der Waals surface area (Å²) >= 11 is 11.8. The van der Waals surface area contributed by atoms with E-state index in [4.69, 9.17) is 23.2 Å². The van der Waals surface area contributed by atoms with Crippen molar-refractivity contribution >= 4 is 43.1 Å². The van der Waals surface area contributed by atoms with Crippen LogP contribution in [0.1, 0.15) is 5.56 Å². The number of rotatable bonds is 4. The number of alkyl halides is 1. The first-order chi connectivity index (χ1) is 9.19. The highest BCUT2D eigenvalue weighted by Crippen LogP contribution is 2.21. The molecule has 5 nitrogen and oxygen atoms in total. The Labute approximate surface area is 128 Å². The minimum Gasteiger partial charge on any atom is -0.229 e. The van der Waals surface area contributed by atoms with Crippen LogP contribution in [0.3, 0.4) is 0 Å². The van der Waals surface area contributed by atoms with E-state index in [1.807, 2.05) is 0 Å². The van der Waals surface area contributed by atoms with E-state index in [2.05, 4.69) is 4.72 Å². The van der Waals surface area contributed by atoms with Gasteiger partial charge in [0.15, 0.2) is 9.84 Å². The summed E-state index contributed by atoms with van der Waals surface area (Å²) in [4.78, 5) is 0. The number of benzene rings is 1. The van der Waals surface area contributed by atoms with Crippen molar-refractivity contribution in [2.45, 2.75) is 17.2 Å². The fourth-order valence-corrected chi connectivity index (χ4v) is 6.47. The average Bonchev–Trinajstić information content (AvgIpc) is 2.54. The van der Waals surface area contributed by atoms with Crippen molar-refractivity contribution < 1.29 is 16.8 Å². The molecule has 0 aromatic heterocycles. The van der Waals surface area contributed by atoms with Crippen LogP contribution in [0.2, 0.25) is 5.02 Å². The average molecular weight is 358 g/mol. The van der Waals surface area contributed by atoms with E-state index < -0.39 is 31.3 Å². The molecule has 0 spiro atoms. The molecule has 0 aliphatic carbocycles. The number of sulfone groups is 1. The zero-order valence-corrected chi connectivity index (χ0v) is 13.4. The monoisotopic (exact) mass is 357 g/mol. The van der Waals surface area contributed by atoms with Crippen LogP contribution in [-0.2, 0) is 25.6 Å². The highest BCUT2D eigenvalue weighted by atomic mass is 35.5. The van der Waals surface area contributed by atoms with E-state index in [0.717, 1.165) is 0 Å². The van der Waals surface area contributed by atoms with Gasteiger partial charge in [-0.2, -0.15) is 0 Å². The number of sulfonamides is 1. The summed E-state index contributed by atoms with van der Waals surface area (Å²) in [7, 11) is -6.99. The summed E-state index contributed by atoms with van der Waals surface area (Å²) in [6, 6.07) is 5.78. The van der Waals surface area contributed by atoms with Gasteiger partial charge in [0.2, 0.25) is 10.0 Å². The van der Waals surface area contributed by atoms with Gasteiger partial charge in [-0.3, -0.25) is 0 Å². The van der Waals surface area contributed by atoms with E-state index in [1.54, 1.807) is 24.3 Å². The topological polar surface area (TPSA) is 80.3 Å². The van der Waals surface area contributed by atoms with Crippen LogP contribution in [0.25, 0.3) is 0 Å². The Bertz CT molecular complexity index is 703. The van der Waals surface area contributed by atoms with Gasteiger partial charge in [-0.25, -0.2) is 21.6 Å². The molecule has 1 aliphatic heterocycles. The lowest BCUT2D eigenvalue weighted by molar-refractivity contribution is 0.562. The molecule has 2 rings (SSSR count). The molecule has 1 aliphatic rings. The second-order valence-electron chi connectivity index (χ2n) is 4.67. The quantitative estimate of drug-likeness (QED) is 0.820. The largest absolute Gasteiger partial charge is 0.229 e. The van der Waals surface area contributed by atoms with Gasteiger partial charge in [0, 0.05) is 5.02 Å². The number of nitrogens with one attached hydrogen (secondary N) is 1. The molecule has 0 amide bonds. The van der Waals surface area contributed by atoms with Gasteiger partial charge in [0.1, 0.15) is 0 Å². The number of hydrogen-bond acceptors (Lipinski definition) is 4. The van der Waals surface area contributed by atoms with E-state index in [9.17, 15) is 16.8 Å². The molecule has 1 aromatic carbocycles. The number of hydrogen-bond donors (Lipinski definition) is 1. The standard InChI is InChI=1S/C11H13Cl2NO4S2/c12-9-4-2-1-3-8(9)5-20(17,18)14-11-7-19(15,16)6-10(11)13/h1-4,10-11,14H,5-7H2/t10-,11+/m0/s1. The summed E-state index contributed by atoms with van der Waals surface area (Å²) in [5.74, 6) is -0.802. The van der Waals surface area contributed by atoms with Crippen LogP contribution < -0.4 is 4.72 Å². The molecule has 112 valence electrons. The molecule has 1 fully saturated rings. The zero-order chi connectivity index (χ0) is 15.0. The molecule has 1 saturated heterocycles. The first-order valence-corrected chi connectivity index (χ1v) is 10.1. The van der Waals surface area contributed by atoms with E-state index in [-0.39, 0.29) is 17.3 Å². The minimum absolute atomic E-state index is 0.214. The van der Waals surface area contributed by atoms with Crippen molar-refractivity contribution in [1.29, 1.82) is 0 Å². The smallest absolute Gasteiger partial charge is 0.216 e. The molecule has 0 unspecified atom stereocenters. The molecule has 2 atom stereocenters. The zero-order valence-electron chi connectivity index (χ0n) is 10.3. The molecular formula is C11H13Cl2NO4S2. The molecule has 9 heteroatoms. The summed E-state index contributed by atoms with van der Waals surface area (Å²) in [5.41, 5.74) is 0.452. The lowest BCUT2D eigenvalue weighted by Crippen LogP contribution is -2.41. The first-order valence-electron chi connectivity index (χ1n) is 5.76. The Morgan fingerprint density at radius 3 is 2.45 bits per heavy atom. The molecule has 1 heterocycles. The van der Waals surface area contributed by atoms with Crippen molar-refractivity contribution in [2.75, 3.05) is 11.5 Å². The summed E-state index contributed by atoms with van der Waals surface area (Å²) < 4.78 is 49.2. The van der Waals surface area contributed by atoms with Gasteiger partial charge < -0.3 is 0 Å². The Hall–Kier alpha value is -0.340. The van der Waals surface area contributed by atoms with E-state index in [0.29, 0.717) is 10.6 Å². The van der Waals surface area contributed by atoms with Gasteiger partial charge in [-0.05, 0) is 11.6 Å². The molecular weight excluding hydrogens is 345 g/mol. The third-order valence-corrected chi connectivity index (χ3v) is 7.01. The van der Waals surface area contributed by atoms with Gasteiger partial charge in [0.25, 0.3) is 0 Å². The normalized spacial score (nSPS) is 25.7. The third kappa shape index (κ3) is 4.08. The highest BCUT2D eigenvalue weighted by molar-refractivity contribution is 7.92. The van der Waals surface area contributed by atoms with Crippen molar-refractivity contribution in [3.63, 3.8) is 0 Å². The van der Waals surface area contributed by atoms with Crippen molar-refractivity contribution in [2.24, 2.45) is 0 Å². The van der Waals surface area contributed by atoms with Crippen LogP contribution in [0, 0.1) is 0 Å². The number of halogens is 2. The van der Waals surface area contributed by atoms with Gasteiger partial charge >= 0.3 is 0 Å². The molecule has 1 aromatic rings. The van der Waals surface area contributed by atoms with Crippen LogP contribution in [0.5, 0.6) is 0 Å². The molecule has 1 N–H and O–H groups in total. The second kappa shape index (κ2) is 5.81. The Morgan fingerprint density at radius 1 is 1.25 bits per heavy atom. The second-order valence-corrected chi connectivity index (χ2v) is 9.54. The van der Waals surface area contributed by atoms with Crippen LogP contribution in [0.4, 0.5) is 0 Å². The molecule has 0 saturated carbocycles. The van der Waals surface area contributed by atoms with Crippen LogP contribution in [-0.4, -0.2) is 39.8 Å². The Balaban J connectivity index is 2.11. The lowest BCUT2D eigenvalue weighted by atomic mass is 10.2. The lowest BCUT2D eigenvalue weighted by Gasteiger charge is -2.15. The molecule has 0 radical (unpaired) electrons. The maximum absolute atomic E-state index is 12.0. The third-order valence-electron chi connectivity index (χ3n) is 2.92. The molecule has 20 heavy (non-hydrogen) atoms.